The zero-order chi connectivity index (χ0) is 34.5. The maximum Gasteiger partial charge on any atom is 0.355 e. The lowest BCUT2D eigenvalue weighted by Crippen LogP contribution is -2.54. The van der Waals surface area contributed by atoms with E-state index in [1.54, 1.807) is 22.1 Å². The number of amides is 1. The molecule has 14 heteroatoms. The highest BCUT2D eigenvalue weighted by atomic mass is 19.1. The average Bonchev–Trinajstić information content (AvgIpc) is 3.05. The summed E-state index contributed by atoms with van der Waals surface area (Å²) in [5.41, 5.74) is -1.37. The van der Waals surface area contributed by atoms with Crippen LogP contribution in [0.3, 0.4) is 0 Å². The first-order chi connectivity index (χ1) is 23.0. The molecule has 0 spiro atoms. The third kappa shape index (κ3) is 7.24. The van der Waals surface area contributed by atoms with Crippen LogP contribution in [0.25, 0.3) is 28.5 Å². The molecule has 2 unspecified atom stereocenters. The van der Waals surface area contributed by atoms with Gasteiger partial charge in [-0.1, -0.05) is 26.5 Å². The second-order valence-corrected chi connectivity index (χ2v) is 12.0. The minimum absolute atomic E-state index is 0.0623. The Bertz CT molecular complexity index is 1800. The fourth-order valence-corrected chi connectivity index (χ4v) is 5.77. The van der Waals surface area contributed by atoms with Gasteiger partial charge < -0.3 is 29.7 Å². The fraction of sp³-hybridized carbons (Fsp3) is 0.412. The van der Waals surface area contributed by atoms with Gasteiger partial charge in [0.15, 0.2) is 11.5 Å². The van der Waals surface area contributed by atoms with E-state index in [0.717, 1.165) is 16.7 Å². The summed E-state index contributed by atoms with van der Waals surface area (Å²) in [6.07, 6.45) is 3.10. The van der Waals surface area contributed by atoms with Gasteiger partial charge in [-0.25, -0.2) is 22.9 Å². The van der Waals surface area contributed by atoms with Crippen molar-refractivity contribution in [2.75, 3.05) is 51.0 Å². The van der Waals surface area contributed by atoms with Crippen LogP contribution >= 0.6 is 0 Å². The lowest BCUT2D eigenvalue weighted by molar-refractivity contribution is -0.126. The van der Waals surface area contributed by atoms with Gasteiger partial charge >= 0.3 is 5.69 Å². The van der Waals surface area contributed by atoms with Gasteiger partial charge in [0.25, 0.3) is 0 Å². The zero-order valence-electron chi connectivity index (χ0n) is 27.0. The molecule has 4 heterocycles. The first-order valence-electron chi connectivity index (χ1n) is 15.7. The van der Waals surface area contributed by atoms with Crippen LogP contribution in [0.5, 0.6) is 5.75 Å². The summed E-state index contributed by atoms with van der Waals surface area (Å²) >= 11 is 0. The quantitative estimate of drug-likeness (QED) is 0.329. The number of aliphatic hydroxyl groups excluding tert-OH is 1. The highest BCUT2D eigenvalue weighted by molar-refractivity contribution is 5.91. The maximum absolute atomic E-state index is 16.1. The molecule has 2 aliphatic rings. The maximum atomic E-state index is 16.1. The van der Waals surface area contributed by atoms with E-state index in [2.05, 4.69) is 21.9 Å². The van der Waals surface area contributed by atoms with Gasteiger partial charge in [0.1, 0.15) is 48.6 Å². The molecule has 3 aromatic rings. The van der Waals surface area contributed by atoms with E-state index >= 15 is 8.78 Å². The second kappa shape index (κ2) is 15.0. The number of carbonyl (C=O) groups is 1. The first kappa shape index (κ1) is 34.6. The van der Waals surface area contributed by atoms with Gasteiger partial charge in [-0.3, -0.25) is 9.36 Å². The van der Waals surface area contributed by atoms with Gasteiger partial charge in [0.2, 0.25) is 5.91 Å². The van der Waals surface area contributed by atoms with Crippen LogP contribution in [0, 0.1) is 17.6 Å². The van der Waals surface area contributed by atoms with Crippen LogP contribution in [0.4, 0.5) is 19.0 Å². The summed E-state index contributed by atoms with van der Waals surface area (Å²) in [4.78, 5) is 38.5. The normalized spacial score (nSPS) is 19.9. The Hall–Kier alpha value is -4.69. The van der Waals surface area contributed by atoms with E-state index < -0.39 is 48.5 Å². The highest BCUT2D eigenvalue weighted by Gasteiger charge is 2.31. The average molecular weight is 669 g/mol. The first-order valence-corrected chi connectivity index (χ1v) is 15.7. The molecule has 11 nitrogen and oxygen atoms in total. The van der Waals surface area contributed by atoms with Crippen molar-refractivity contribution >= 4 is 29.0 Å². The molecule has 2 bridgehead atoms. The molecular formula is C34H39F3N6O5. The van der Waals surface area contributed by atoms with E-state index in [1.807, 2.05) is 20.8 Å². The molecule has 0 saturated carbocycles. The van der Waals surface area contributed by atoms with Crippen molar-refractivity contribution in [3.8, 4) is 17.0 Å². The Morgan fingerprint density at radius 3 is 2.75 bits per heavy atom. The Kier molecular flexibility index (Phi) is 10.8. The smallest absolute Gasteiger partial charge is 0.355 e. The summed E-state index contributed by atoms with van der Waals surface area (Å²) in [7, 11) is 0. The number of halogens is 3. The number of carbonyl (C=O) groups excluding carboxylic acids is 1. The van der Waals surface area contributed by atoms with Crippen LogP contribution in [0.1, 0.15) is 20.8 Å². The Balaban J connectivity index is 1.78. The van der Waals surface area contributed by atoms with Crippen LogP contribution < -0.4 is 20.6 Å². The number of piperazine rings is 1. The minimum atomic E-state index is -1.43. The number of fused-ring (bicyclic) bond motifs is 3. The van der Waals surface area contributed by atoms with Gasteiger partial charge in [-0.2, -0.15) is 4.98 Å². The molecule has 1 fully saturated rings. The molecule has 5 rings (SSSR count). The summed E-state index contributed by atoms with van der Waals surface area (Å²) < 4.78 is 57.6. The van der Waals surface area contributed by atoms with Crippen molar-refractivity contribution in [2.24, 2.45) is 5.92 Å². The molecule has 2 aromatic heterocycles. The number of nitrogens with zero attached hydrogens (tertiary/aromatic N) is 5. The third-order valence-electron chi connectivity index (χ3n) is 8.09. The minimum Gasteiger partial charge on any atom is -0.490 e. The summed E-state index contributed by atoms with van der Waals surface area (Å²) in [6, 6.07) is 4.71. The van der Waals surface area contributed by atoms with Gasteiger partial charge in [0.05, 0.1) is 17.6 Å². The predicted molar refractivity (Wildman–Crippen MR) is 176 cm³/mol. The van der Waals surface area contributed by atoms with Crippen molar-refractivity contribution in [1.29, 1.82) is 0 Å². The number of benzene rings is 1. The predicted octanol–water partition coefficient (Wildman–Crippen LogP) is 3.67. The van der Waals surface area contributed by atoms with Crippen molar-refractivity contribution in [3.05, 3.63) is 76.9 Å². The zero-order valence-corrected chi connectivity index (χ0v) is 27.0. The molecule has 3 atom stereocenters. The van der Waals surface area contributed by atoms with E-state index in [9.17, 15) is 19.1 Å². The number of hydrogen-bond donors (Lipinski definition) is 2. The molecule has 2 aliphatic heterocycles. The van der Waals surface area contributed by atoms with Crippen LogP contribution in [-0.2, 0) is 9.53 Å². The number of hydrogen-bond acceptors (Lipinski definition) is 9. The lowest BCUT2D eigenvalue weighted by Gasteiger charge is -2.40. The molecule has 2 N–H and O–H groups in total. The molecule has 1 aromatic carbocycles. The largest absolute Gasteiger partial charge is 0.490 e. The Labute approximate surface area is 276 Å². The highest BCUT2D eigenvalue weighted by Crippen LogP contribution is 2.37. The van der Waals surface area contributed by atoms with Crippen molar-refractivity contribution < 1.29 is 32.5 Å². The van der Waals surface area contributed by atoms with Crippen LogP contribution in [-0.4, -0.2) is 94.8 Å². The number of ether oxygens (including phenoxy) is 2. The number of pyridine rings is 1. The van der Waals surface area contributed by atoms with Crippen molar-refractivity contribution in [3.63, 3.8) is 0 Å². The standard InChI is InChI=1S/C34H39F3N6O5/c1-5-28(45)41-12-13-42(21(4)17-41)33-23-15-25(37)30-29-24(36)7-6-8-27(29)48-19-26(44)31(47-14-10-35)22(9-11-38-16-20(2)3)18-43(32(23)39-30)34(46)40-33/h5-9,11,15,18,20-21,26,31,38,44H,1,10,12-14,16-17,19H2,2-4H3/b11-9-,22-18?/t21-,26?,31?/m0/s1. The monoisotopic (exact) mass is 668 g/mol. The van der Waals surface area contributed by atoms with Gasteiger partial charge in [-0.05, 0) is 49.4 Å². The van der Waals surface area contributed by atoms with E-state index in [-0.39, 0.29) is 58.8 Å². The van der Waals surface area contributed by atoms with Crippen LogP contribution in [0.15, 0.2) is 59.6 Å². The van der Waals surface area contributed by atoms with Gasteiger partial charge in [0, 0.05) is 44.0 Å². The molecule has 1 amide bonds. The third-order valence-corrected chi connectivity index (χ3v) is 8.09. The number of aliphatic hydroxyl groups is 1. The van der Waals surface area contributed by atoms with E-state index in [1.165, 1.54) is 24.4 Å². The molecule has 256 valence electrons. The number of alkyl halides is 1. The van der Waals surface area contributed by atoms with Crippen molar-refractivity contribution in [2.45, 2.75) is 39.0 Å². The molecular weight excluding hydrogens is 629 g/mol. The number of nitrogens with one attached hydrogen (secondary N) is 1. The molecule has 48 heavy (non-hydrogen) atoms. The summed E-state index contributed by atoms with van der Waals surface area (Å²) in [5, 5.41) is 14.6. The topological polar surface area (TPSA) is 122 Å². The SMILES string of the molecule is C=CC(=O)N1CCN(c2nc(=O)n3c4nc(c(F)cc24)-c2c(F)cccc2OCC(O)C(OCCF)C(/C=C\NCC(C)C)=C3)[C@@H](C)C1. The Morgan fingerprint density at radius 2 is 2.04 bits per heavy atom. The number of anilines is 1. The molecule has 0 radical (unpaired) electrons. The number of rotatable bonds is 9. The van der Waals surface area contributed by atoms with Gasteiger partial charge in [-0.15, -0.1) is 0 Å². The van der Waals surface area contributed by atoms with Crippen molar-refractivity contribution in [1.82, 2.24) is 24.8 Å². The number of aromatic nitrogens is 3. The second-order valence-electron chi connectivity index (χ2n) is 12.0. The molecule has 1 saturated heterocycles. The Morgan fingerprint density at radius 1 is 1.25 bits per heavy atom. The fourth-order valence-electron chi connectivity index (χ4n) is 5.77. The van der Waals surface area contributed by atoms with E-state index in [0.29, 0.717) is 25.6 Å². The lowest BCUT2D eigenvalue weighted by atomic mass is 10.0. The molecule has 0 aliphatic carbocycles. The van der Waals surface area contributed by atoms with Crippen LogP contribution in [0.2, 0.25) is 0 Å². The summed E-state index contributed by atoms with van der Waals surface area (Å²) in [5.74, 6) is -1.65. The van der Waals surface area contributed by atoms with E-state index in [4.69, 9.17) is 9.47 Å². The summed E-state index contributed by atoms with van der Waals surface area (Å²) in [6.45, 7) is 9.24.